The number of nitrogens with two attached hydrogens (primary N) is 1. The zero-order valence-electron chi connectivity index (χ0n) is 12.6. The van der Waals surface area contributed by atoms with Crippen LogP contribution in [0.4, 0.5) is 5.82 Å². The molecule has 0 amide bonds. The minimum Gasteiger partial charge on any atom is -0.382 e. The largest absolute Gasteiger partial charge is 0.382 e. The van der Waals surface area contributed by atoms with E-state index < -0.39 is 12.0 Å². The molecule has 2 aliphatic heterocycles. The van der Waals surface area contributed by atoms with Gasteiger partial charge in [0.2, 0.25) is 0 Å². The van der Waals surface area contributed by atoms with Gasteiger partial charge in [-0.2, -0.15) is 0 Å². The van der Waals surface area contributed by atoms with Gasteiger partial charge >= 0.3 is 0 Å². The van der Waals surface area contributed by atoms with Crippen LogP contribution in [-0.4, -0.2) is 43.6 Å². The maximum absolute atomic E-state index is 6.06. The highest BCUT2D eigenvalue weighted by molar-refractivity contribution is 6.25. The fraction of sp³-hybridized carbons (Fsp3) is 0.500. The van der Waals surface area contributed by atoms with E-state index in [0.717, 1.165) is 0 Å². The van der Waals surface area contributed by atoms with E-state index in [1.54, 1.807) is 17.0 Å². The SMILES string of the molecule is CC1(C)O[C@@H]2[C@H](O1)[C@@H](/C=C/Cl)O[C@H]2n1cnc2c(N)ncnc21. The summed E-state index contributed by atoms with van der Waals surface area (Å²) in [6, 6.07) is 0. The van der Waals surface area contributed by atoms with Gasteiger partial charge in [-0.25, -0.2) is 15.0 Å². The Kier molecular flexibility index (Phi) is 3.31. The summed E-state index contributed by atoms with van der Waals surface area (Å²) in [5, 5.41) is 0. The number of imidazole rings is 1. The lowest BCUT2D eigenvalue weighted by Gasteiger charge is -2.23. The first-order valence-corrected chi connectivity index (χ1v) is 7.65. The number of rotatable bonds is 2. The van der Waals surface area contributed by atoms with Gasteiger partial charge in [-0.1, -0.05) is 11.6 Å². The molecule has 4 heterocycles. The summed E-state index contributed by atoms with van der Waals surface area (Å²) in [4.78, 5) is 12.5. The molecule has 4 atom stereocenters. The monoisotopic (exact) mass is 337 g/mol. The molecule has 2 aliphatic rings. The van der Waals surface area contributed by atoms with E-state index in [2.05, 4.69) is 15.0 Å². The van der Waals surface area contributed by atoms with Crippen molar-refractivity contribution in [1.29, 1.82) is 0 Å². The standard InChI is InChI=1S/C14H16ClN5O3/c1-14(2)22-9-7(3-4-15)21-13(10(9)23-14)20-6-19-8-11(16)17-5-18-12(8)20/h3-7,9-10,13H,1-2H3,(H2,16,17,18)/b4-3+/t7-,9-,10-,13-/m1/s1. The summed E-state index contributed by atoms with van der Waals surface area (Å²) < 4.78 is 19.8. The van der Waals surface area contributed by atoms with Crippen molar-refractivity contribution in [1.82, 2.24) is 19.5 Å². The number of hydrogen-bond donors (Lipinski definition) is 1. The highest BCUT2D eigenvalue weighted by Gasteiger charge is 2.55. The smallest absolute Gasteiger partial charge is 0.167 e. The summed E-state index contributed by atoms with van der Waals surface area (Å²) >= 11 is 5.72. The number of hydrogen-bond acceptors (Lipinski definition) is 7. The number of ether oxygens (including phenoxy) is 3. The highest BCUT2D eigenvalue weighted by Crippen LogP contribution is 2.44. The van der Waals surface area contributed by atoms with Crippen LogP contribution in [-0.2, 0) is 14.2 Å². The molecule has 2 saturated heterocycles. The van der Waals surface area contributed by atoms with E-state index >= 15 is 0 Å². The number of anilines is 1. The molecule has 0 radical (unpaired) electrons. The van der Waals surface area contributed by atoms with Crippen LogP contribution in [0.25, 0.3) is 11.2 Å². The molecule has 0 saturated carbocycles. The van der Waals surface area contributed by atoms with Gasteiger partial charge in [-0.05, 0) is 19.9 Å². The number of fused-ring (bicyclic) bond motifs is 2. The summed E-state index contributed by atoms with van der Waals surface area (Å²) in [6.07, 6.45) is 3.43. The molecule has 23 heavy (non-hydrogen) atoms. The first kappa shape index (κ1) is 14.8. The lowest BCUT2D eigenvalue weighted by atomic mass is 10.1. The van der Waals surface area contributed by atoms with Crippen LogP contribution in [0.1, 0.15) is 20.1 Å². The van der Waals surface area contributed by atoms with Crippen LogP contribution >= 0.6 is 11.6 Å². The van der Waals surface area contributed by atoms with E-state index in [0.29, 0.717) is 17.0 Å². The second-order valence-corrected chi connectivity index (χ2v) is 6.21. The molecule has 0 aliphatic carbocycles. The van der Waals surface area contributed by atoms with Crippen LogP contribution < -0.4 is 5.73 Å². The van der Waals surface area contributed by atoms with E-state index in [1.807, 2.05) is 13.8 Å². The van der Waals surface area contributed by atoms with Crippen LogP contribution in [0.3, 0.4) is 0 Å². The Balaban J connectivity index is 1.77. The minimum atomic E-state index is -0.694. The summed E-state index contributed by atoms with van der Waals surface area (Å²) in [6.45, 7) is 3.74. The third-order valence-electron chi connectivity index (χ3n) is 3.99. The predicted octanol–water partition coefficient (Wildman–Crippen LogP) is 1.58. The molecule has 0 aromatic carbocycles. The van der Waals surface area contributed by atoms with Gasteiger partial charge in [0.15, 0.2) is 23.5 Å². The van der Waals surface area contributed by atoms with Crippen molar-refractivity contribution >= 4 is 28.6 Å². The number of aromatic nitrogens is 4. The average Bonchev–Trinajstić information content (AvgIpc) is 3.13. The van der Waals surface area contributed by atoms with Gasteiger partial charge in [0, 0.05) is 5.54 Å². The third kappa shape index (κ3) is 2.29. The van der Waals surface area contributed by atoms with E-state index in [1.165, 1.54) is 11.9 Å². The van der Waals surface area contributed by atoms with Gasteiger partial charge in [-0.3, -0.25) is 4.57 Å². The maximum atomic E-state index is 6.06. The number of halogens is 1. The Morgan fingerprint density at radius 3 is 2.83 bits per heavy atom. The van der Waals surface area contributed by atoms with Crippen molar-refractivity contribution in [2.24, 2.45) is 0 Å². The number of nitrogen functional groups attached to an aromatic ring is 1. The van der Waals surface area contributed by atoms with Gasteiger partial charge in [0.1, 0.15) is 30.2 Å². The fourth-order valence-electron chi connectivity index (χ4n) is 3.11. The van der Waals surface area contributed by atoms with Crippen LogP contribution in [0, 0.1) is 0 Å². The first-order valence-electron chi connectivity index (χ1n) is 7.21. The Bertz CT molecular complexity index is 777. The molecule has 2 fully saturated rings. The molecule has 122 valence electrons. The Morgan fingerprint density at radius 2 is 2.04 bits per heavy atom. The third-order valence-corrected chi connectivity index (χ3v) is 4.13. The molecule has 2 aromatic rings. The van der Waals surface area contributed by atoms with E-state index in [4.69, 9.17) is 31.5 Å². The van der Waals surface area contributed by atoms with E-state index in [-0.39, 0.29) is 18.3 Å². The molecule has 2 aromatic heterocycles. The van der Waals surface area contributed by atoms with Crippen molar-refractivity contribution < 1.29 is 14.2 Å². The fourth-order valence-corrected chi connectivity index (χ4v) is 3.26. The second-order valence-electron chi connectivity index (χ2n) is 5.96. The van der Waals surface area contributed by atoms with Gasteiger partial charge in [0.05, 0.1) is 6.33 Å². The van der Waals surface area contributed by atoms with Gasteiger partial charge in [0.25, 0.3) is 0 Å². The molecule has 4 rings (SSSR count). The molecule has 0 spiro atoms. The van der Waals surface area contributed by atoms with Crippen LogP contribution in [0.15, 0.2) is 24.3 Å². The normalized spacial score (nSPS) is 32.8. The highest BCUT2D eigenvalue weighted by atomic mass is 35.5. The Labute approximate surface area is 137 Å². The van der Waals surface area contributed by atoms with Crippen molar-refractivity contribution in [3.8, 4) is 0 Å². The maximum Gasteiger partial charge on any atom is 0.167 e. The molecule has 0 bridgehead atoms. The Morgan fingerprint density at radius 1 is 1.26 bits per heavy atom. The van der Waals surface area contributed by atoms with Crippen LogP contribution in [0.5, 0.6) is 0 Å². The predicted molar refractivity (Wildman–Crippen MR) is 82.5 cm³/mol. The van der Waals surface area contributed by atoms with Crippen molar-refractivity contribution in [2.75, 3.05) is 5.73 Å². The van der Waals surface area contributed by atoms with Crippen molar-refractivity contribution in [2.45, 2.75) is 44.2 Å². The van der Waals surface area contributed by atoms with E-state index in [9.17, 15) is 0 Å². The average molecular weight is 338 g/mol. The minimum absolute atomic E-state index is 0.262. The first-order chi connectivity index (χ1) is 11.0. The molecule has 9 heteroatoms. The second kappa shape index (κ2) is 5.13. The molecular weight excluding hydrogens is 322 g/mol. The lowest BCUT2D eigenvalue weighted by molar-refractivity contribution is -0.191. The summed E-state index contributed by atoms with van der Waals surface area (Å²) in [5.74, 6) is -0.371. The summed E-state index contributed by atoms with van der Waals surface area (Å²) in [5.41, 5.74) is 8.38. The molecule has 0 unspecified atom stereocenters. The lowest BCUT2D eigenvalue weighted by Crippen LogP contribution is -2.28. The van der Waals surface area contributed by atoms with Crippen LogP contribution in [0.2, 0.25) is 0 Å². The topological polar surface area (TPSA) is 97.3 Å². The zero-order valence-corrected chi connectivity index (χ0v) is 13.3. The van der Waals surface area contributed by atoms with Gasteiger partial charge in [-0.15, -0.1) is 0 Å². The van der Waals surface area contributed by atoms with Crippen molar-refractivity contribution in [3.63, 3.8) is 0 Å². The quantitative estimate of drug-likeness (QED) is 0.888. The van der Waals surface area contributed by atoms with Gasteiger partial charge < -0.3 is 19.9 Å². The number of nitrogens with zero attached hydrogens (tertiary/aromatic N) is 4. The molecule has 2 N–H and O–H groups in total. The molecular formula is C14H16ClN5O3. The van der Waals surface area contributed by atoms with Crippen molar-refractivity contribution in [3.05, 3.63) is 24.3 Å². The summed E-state index contributed by atoms with van der Waals surface area (Å²) in [7, 11) is 0. The zero-order chi connectivity index (χ0) is 16.2. The molecule has 8 nitrogen and oxygen atoms in total. The Hall–Kier alpha value is -1.74.